The predicted octanol–water partition coefficient (Wildman–Crippen LogP) is 4.29. The lowest BCUT2D eigenvalue weighted by Crippen LogP contribution is -2.29. The molecule has 0 amide bonds. The van der Waals surface area contributed by atoms with Crippen LogP contribution >= 0.6 is 34.2 Å². The average Bonchev–Trinajstić information content (AvgIpc) is 2.50. The van der Waals surface area contributed by atoms with E-state index in [0.29, 0.717) is 11.6 Å². The first-order chi connectivity index (χ1) is 10.2. The molecule has 0 aliphatic heterocycles. The molecule has 2 aromatic rings. The first-order valence-corrected chi connectivity index (χ1v) is 8.25. The molecule has 21 heavy (non-hydrogen) atoms. The summed E-state index contributed by atoms with van der Waals surface area (Å²) in [7, 11) is 0. The molecule has 1 atom stereocenters. The third kappa shape index (κ3) is 4.10. The molecule has 0 radical (unpaired) electrons. The van der Waals surface area contributed by atoms with Gasteiger partial charge in [-0.1, -0.05) is 36.7 Å². The number of hydrogen-bond donors (Lipinski definition) is 2. The Bertz CT molecular complexity index is 607. The molecule has 0 saturated heterocycles. The predicted molar refractivity (Wildman–Crippen MR) is 95.6 cm³/mol. The van der Waals surface area contributed by atoms with Gasteiger partial charge >= 0.3 is 0 Å². The molecule has 0 saturated carbocycles. The van der Waals surface area contributed by atoms with Gasteiger partial charge in [0.25, 0.3) is 0 Å². The lowest BCUT2D eigenvalue weighted by Gasteiger charge is -2.21. The first kappa shape index (κ1) is 16.5. The van der Waals surface area contributed by atoms with Crippen LogP contribution in [0.3, 0.4) is 0 Å². The van der Waals surface area contributed by atoms with Crippen LogP contribution in [0, 0.1) is 3.57 Å². The van der Waals surface area contributed by atoms with Gasteiger partial charge in [0.2, 0.25) is 0 Å². The van der Waals surface area contributed by atoms with Crippen LogP contribution in [-0.4, -0.2) is 6.61 Å². The fourth-order valence-corrected chi connectivity index (χ4v) is 2.97. The van der Waals surface area contributed by atoms with Crippen molar-refractivity contribution >= 4 is 34.2 Å². The maximum Gasteiger partial charge on any atom is 0.124 e. The lowest BCUT2D eigenvalue weighted by atomic mass is 9.98. The average molecular weight is 417 g/mol. The van der Waals surface area contributed by atoms with Crippen molar-refractivity contribution in [3.8, 4) is 5.75 Å². The molecule has 2 aromatic carbocycles. The molecular formula is C16H18ClIN2O. The van der Waals surface area contributed by atoms with E-state index < -0.39 is 0 Å². The van der Waals surface area contributed by atoms with Crippen molar-refractivity contribution in [3.63, 3.8) is 0 Å². The van der Waals surface area contributed by atoms with E-state index in [1.807, 2.05) is 42.5 Å². The second-order valence-corrected chi connectivity index (χ2v) is 6.25. The Morgan fingerprint density at radius 3 is 2.71 bits per heavy atom. The number of nitrogens with one attached hydrogen (secondary N) is 1. The Kier molecular flexibility index (Phi) is 6.29. The highest BCUT2D eigenvalue weighted by Gasteiger charge is 2.19. The number of ether oxygens (including phenoxy) is 1. The number of para-hydroxylation sites is 1. The van der Waals surface area contributed by atoms with Gasteiger partial charge in [-0.25, -0.2) is 5.43 Å². The monoisotopic (exact) mass is 416 g/mol. The van der Waals surface area contributed by atoms with E-state index in [1.54, 1.807) is 0 Å². The zero-order valence-corrected chi connectivity index (χ0v) is 14.7. The van der Waals surface area contributed by atoms with Crippen molar-refractivity contribution < 1.29 is 4.74 Å². The minimum Gasteiger partial charge on any atom is -0.493 e. The second-order valence-electron chi connectivity index (χ2n) is 4.65. The molecule has 112 valence electrons. The molecule has 1 unspecified atom stereocenters. The van der Waals surface area contributed by atoms with Crippen molar-refractivity contribution in [2.75, 3.05) is 6.61 Å². The van der Waals surface area contributed by atoms with Crippen LogP contribution in [0.5, 0.6) is 5.75 Å². The molecule has 2 rings (SSSR count). The molecule has 0 bridgehead atoms. The summed E-state index contributed by atoms with van der Waals surface area (Å²) in [5.74, 6) is 6.65. The highest BCUT2D eigenvalue weighted by atomic mass is 127. The van der Waals surface area contributed by atoms with Gasteiger partial charge < -0.3 is 4.74 Å². The summed E-state index contributed by atoms with van der Waals surface area (Å²) in [6.45, 7) is 2.77. The number of nitrogens with two attached hydrogens (primary N) is 1. The quantitative estimate of drug-likeness (QED) is 0.420. The highest BCUT2D eigenvalue weighted by molar-refractivity contribution is 14.1. The number of hydrazine groups is 1. The topological polar surface area (TPSA) is 47.3 Å². The third-order valence-corrected chi connectivity index (χ3v) is 4.34. The third-order valence-electron chi connectivity index (χ3n) is 3.13. The first-order valence-electron chi connectivity index (χ1n) is 6.80. The summed E-state index contributed by atoms with van der Waals surface area (Å²) in [6.07, 6.45) is 0.962. The van der Waals surface area contributed by atoms with Gasteiger partial charge in [0, 0.05) is 14.2 Å². The van der Waals surface area contributed by atoms with Gasteiger partial charge in [-0.15, -0.1) is 0 Å². The van der Waals surface area contributed by atoms with E-state index in [9.17, 15) is 0 Å². The molecule has 3 N–H and O–H groups in total. The molecule has 0 aliphatic rings. The molecule has 0 aromatic heterocycles. The summed E-state index contributed by atoms with van der Waals surface area (Å²) >= 11 is 8.41. The number of benzene rings is 2. The van der Waals surface area contributed by atoms with E-state index in [1.165, 1.54) is 0 Å². The van der Waals surface area contributed by atoms with Crippen molar-refractivity contribution in [2.45, 2.75) is 19.4 Å². The zero-order valence-electron chi connectivity index (χ0n) is 11.8. The Labute approximate surface area is 143 Å². The van der Waals surface area contributed by atoms with Crippen LogP contribution in [0.15, 0.2) is 42.5 Å². The van der Waals surface area contributed by atoms with Crippen LogP contribution in [0.1, 0.15) is 30.5 Å². The molecule has 0 aliphatic carbocycles. The highest BCUT2D eigenvalue weighted by Crippen LogP contribution is 2.33. The van der Waals surface area contributed by atoms with Crippen LogP contribution in [0.25, 0.3) is 0 Å². The number of rotatable bonds is 6. The standard InChI is InChI=1S/C16H18ClIN2O/c1-2-9-21-15-6-4-3-5-12(15)16(20-19)13-10-11(17)7-8-14(13)18/h3-8,10,16,20H,2,9,19H2,1H3. The lowest BCUT2D eigenvalue weighted by molar-refractivity contribution is 0.311. The SMILES string of the molecule is CCCOc1ccccc1C(NN)c1cc(Cl)ccc1I. The molecule has 3 nitrogen and oxygen atoms in total. The molecular weight excluding hydrogens is 399 g/mol. The Morgan fingerprint density at radius 2 is 2.00 bits per heavy atom. The zero-order chi connectivity index (χ0) is 15.2. The molecule has 0 spiro atoms. The van der Waals surface area contributed by atoms with Gasteiger partial charge in [-0.2, -0.15) is 0 Å². The maximum atomic E-state index is 6.13. The summed E-state index contributed by atoms with van der Waals surface area (Å²) in [6, 6.07) is 13.6. The van der Waals surface area contributed by atoms with E-state index in [0.717, 1.165) is 26.9 Å². The van der Waals surface area contributed by atoms with Crippen molar-refractivity contribution in [1.29, 1.82) is 0 Å². The molecule has 5 heteroatoms. The fourth-order valence-electron chi connectivity index (χ4n) is 2.15. The Hall–Kier alpha value is -0.820. The van der Waals surface area contributed by atoms with Crippen molar-refractivity contribution in [2.24, 2.45) is 5.84 Å². The van der Waals surface area contributed by atoms with Crippen LogP contribution < -0.4 is 16.0 Å². The minimum atomic E-state index is -0.163. The number of hydrogen-bond acceptors (Lipinski definition) is 3. The van der Waals surface area contributed by atoms with Gasteiger partial charge in [0.15, 0.2) is 0 Å². The Morgan fingerprint density at radius 1 is 1.24 bits per heavy atom. The molecule has 0 heterocycles. The smallest absolute Gasteiger partial charge is 0.124 e. The molecule has 0 fully saturated rings. The van der Waals surface area contributed by atoms with E-state index in [2.05, 4.69) is 34.9 Å². The minimum absolute atomic E-state index is 0.163. The van der Waals surface area contributed by atoms with Gasteiger partial charge in [0.1, 0.15) is 5.75 Å². The summed E-state index contributed by atoms with van der Waals surface area (Å²) < 4.78 is 6.93. The van der Waals surface area contributed by atoms with Crippen molar-refractivity contribution in [1.82, 2.24) is 5.43 Å². The van der Waals surface area contributed by atoms with Gasteiger partial charge in [-0.05, 0) is 58.8 Å². The normalized spacial score (nSPS) is 12.2. The summed E-state index contributed by atoms with van der Waals surface area (Å²) in [5, 5.41) is 0.692. The van der Waals surface area contributed by atoms with Crippen LogP contribution in [-0.2, 0) is 0 Å². The fraction of sp³-hybridized carbons (Fsp3) is 0.250. The second kappa shape index (κ2) is 7.98. The van der Waals surface area contributed by atoms with E-state index in [-0.39, 0.29) is 6.04 Å². The van der Waals surface area contributed by atoms with Crippen LogP contribution in [0.2, 0.25) is 5.02 Å². The number of halogens is 2. The Balaban J connectivity index is 2.44. The van der Waals surface area contributed by atoms with E-state index in [4.69, 9.17) is 22.2 Å². The summed E-state index contributed by atoms with van der Waals surface area (Å²) in [4.78, 5) is 0. The van der Waals surface area contributed by atoms with Crippen molar-refractivity contribution in [3.05, 3.63) is 62.2 Å². The summed E-state index contributed by atoms with van der Waals surface area (Å²) in [5.41, 5.74) is 4.92. The van der Waals surface area contributed by atoms with Gasteiger partial charge in [-0.3, -0.25) is 5.84 Å². The maximum absolute atomic E-state index is 6.13. The van der Waals surface area contributed by atoms with Gasteiger partial charge in [0.05, 0.1) is 12.6 Å². The van der Waals surface area contributed by atoms with E-state index >= 15 is 0 Å². The largest absolute Gasteiger partial charge is 0.493 e. The van der Waals surface area contributed by atoms with Crippen LogP contribution in [0.4, 0.5) is 0 Å².